The average molecular weight is 420 g/mol. The summed E-state index contributed by atoms with van der Waals surface area (Å²) in [5.74, 6) is 0.994. The summed E-state index contributed by atoms with van der Waals surface area (Å²) in [5, 5.41) is 0. The van der Waals surface area contributed by atoms with Gasteiger partial charge in [-0.25, -0.2) is 9.78 Å². The molecule has 0 unspecified atom stereocenters. The Labute approximate surface area is 181 Å². The topological polar surface area (TPSA) is 63.4 Å². The molecule has 2 bridgehead atoms. The first-order chi connectivity index (χ1) is 14.7. The van der Waals surface area contributed by atoms with Crippen LogP contribution in [0.2, 0.25) is 0 Å². The number of nitrogens with zero attached hydrogens (tertiary/aromatic N) is 5. The van der Waals surface area contributed by atoms with Gasteiger partial charge in [-0.1, -0.05) is 39.0 Å². The molecule has 2 aromatic heterocycles. The Morgan fingerprint density at radius 3 is 2.45 bits per heavy atom. The van der Waals surface area contributed by atoms with Crippen molar-refractivity contribution >= 4 is 22.9 Å². The van der Waals surface area contributed by atoms with Crippen molar-refractivity contribution in [3.63, 3.8) is 0 Å². The Balaban J connectivity index is 1.40. The van der Waals surface area contributed by atoms with Crippen LogP contribution in [0.15, 0.2) is 47.3 Å². The predicted octanol–water partition coefficient (Wildman–Crippen LogP) is 2.88. The molecule has 1 amide bonds. The number of aryl methyl sites for hydroxylation is 1. The lowest BCUT2D eigenvalue weighted by Gasteiger charge is -2.35. The number of hydrogen-bond acceptors (Lipinski definition) is 4. The fraction of sp³-hybridized carbons (Fsp3) is 0.458. The van der Waals surface area contributed by atoms with Crippen molar-refractivity contribution in [1.82, 2.24) is 19.0 Å². The lowest BCUT2D eigenvalue weighted by molar-refractivity contribution is 0.0725. The second kappa shape index (κ2) is 6.97. The summed E-state index contributed by atoms with van der Waals surface area (Å²) < 4.78 is 3.46. The Kier molecular flexibility index (Phi) is 4.46. The van der Waals surface area contributed by atoms with E-state index in [9.17, 15) is 9.59 Å². The highest BCUT2D eigenvalue weighted by Gasteiger charge is 2.46. The second-order valence-corrected chi connectivity index (χ2v) is 10.0. The molecule has 31 heavy (non-hydrogen) atoms. The van der Waals surface area contributed by atoms with Crippen molar-refractivity contribution < 1.29 is 4.79 Å². The van der Waals surface area contributed by atoms with Gasteiger partial charge in [-0.2, -0.15) is 0 Å². The molecule has 2 aliphatic rings. The van der Waals surface area contributed by atoms with Crippen LogP contribution in [0.5, 0.6) is 0 Å². The van der Waals surface area contributed by atoms with Crippen molar-refractivity contribution in [1.29, 1.82) is 0 Å². The van der Waals surface area contributed by atoms with Gasteiger partial charge >= 0.3 is 5.69 Å². The van der Waals surface area contributed by atoms with Gasteiger partial charge in [0.15, 0.2) is 5.65 Å². The maximum Gasteiger partial charge on any atom is 0.330 e. The van der Waals surface area contributed by atoms with Crippen LogP contribution in [0.1, 0.15) is 37.6 Å². The number of carbonyl (C=O) groups is 1. The van der Waals surface area contributed by atoms with Crippen molar-refractivity contribution in [2.24, 2.45) is 12.5 Å². The summed E-state index contributed by atoms with van der Waals surface area (Å²) in [5.41, 5.74) is 2.30. The normalized spacial score (nSPS) is 20.8. The molecule has 0 radical (unpaired) electrons. The molecule has 3 aromatic rings. The number of piperazine rings is 1. The van der Waals surface area contributed by atoms with Crippen molar-refractivity contribution in [2.45, 2.75) is 45.8 Å². The Morgan fingerprint density at radius 1 is 1.06 bits per heavy atom. The number of carbonyl (C=O) groups excluding carboxylic acids is 1. The number of pyridine rings is 1. The number of benzene rings is 1. The van der Waals surface area contributed by atoms with E-state index in [1.54, 1.807) is 11.6 Å². The van der Waals surface area contributed by atoms with E-state index in [-0.39, 0.29) is 29.1 Å². The van der Waals surface area contributed by atoms with Crippen molar-refractivity contribution in [3.05, 3.63) is 58.5 Å². The van der Waals surface area contributed by atoms with Crippen LogP contribution in [0, 0.1) is 5.41 Å². The molecule has 0 aliphatic carbocycles. The van der Waals surface area contributed by atoms with Crippen LogP contribution in [-0.2, 0) is 13.6 Å². The number of amides is 1. The molecule has 162 valence electrons. The van der Waals surface area contributed by atoms with Gasteiger partial charge in [0.2, 0.25) is 0 Å². The molecular weight excluding hydrogens is 390 g/mol. The third-order valence-corrected chi connectivity index (χ3v) is 6.42. The molecular formula is C24H29N5O2. The van der Waals surface area contributed by atoms with Crippen LogP contribution >= 0.6 is 0 Å². The van der Waals surface area contributed by atoms with E-state index in [4.69, 9.17) is 4.98 Å². The molecule has 2 aliphatic heterocycles. The lowest BCUT2D eigenvalue weighted by atomic mass is 9.97. The molecule has 7 nitrogen and oxygen atoms in total. The highest BCUT2D eigenvalue weighted by molar-refractivity contribution is 5.95. The summed E-state index contributed by atoms with van der Waals surface area (Å²) in [7, 11) is 1.79. The van der Waals surface area contributed by atoms with Crippen LogP contribution in [0.25, 0.3) is 11.2 Å². The Morgan fingerprint density at radius 2 is 1.81 bits per heavy atom. The number of anilines is 1. The number of aromatic nitrogens is 3. The van der Waals surface area contributed by atoms with Crippen molar-refractivity contribution in [2.75, 3.05) is 18.0 Å². The first-order valence-corrected chi connectivity index (χ1v) is 10.9. The van der Waals surface area contributed by atoms with Crippen LogP contribution in [0.4, 0.5) is 5.82 Å². The lowest BCUT2D eigenvalue weighted by Crippen LogP contribution is -2.49. The zero-order valence-electron chi connectivity index (χ0n) is 18.6. The molecule has 7 heteroatoms. The Hall–Kier alpha value is -3.09. The SMILES string of the molecule is Cn1c(=O)n(CC(C)(C)C)c2ccc(N3C[C@H]4C[C@@H]3CN4C(=O)c3ccccc3)nc21. The summed E-state index contributed by atoms with van der Waals surface area (Å²) in [6, 6.07) is 14.0. The fourth-order valence-electron chi connectivity index (χ4n) is 4.99. The monoisotopic (exact) mass is 419 g/mol. The van der Waals surface area contributed by atoms with Crippen LogP contribution < -0.4 is 10.6 Å². The quantitative estimate of drug-likeness (QED) is 0.655. The molecule has 5 rings (SSSR count). The minimum absolute atomic E-state index is 0.000362. The van der Waals surface area contributed by atoms with Gasteiger partial charge in [0.1, 0.15) is 5.82 Å². The van der Waals surface area contributed by atoms with Gasteiger partial charge in [-0.15, -0.1) is 0 Å². The van der Waals surface area contributed by atoms with Crippen LogP contribution in [-0.4, -0.2) is 50.1 Å². The molecule has 2 fully saturated rings. The zero-order chi connectivity index (χ0) is 21.9. The molecule has 2 atom stereocenters. The largest absolute Gasteiger partial charge is 0.350 e. The maximum atomic E-state index is 12.9. The maximum absolute atomic E-state index is 12.9. The third-order valence-electron chi connectivity index (χ3n) is 6.42. The fourth-order valence-corrected chi connectivity index (χ4v) is 4.99. The van der Waals surface area contributed by atoms with E-state index < -0.39 is 0 Å². The van der Waals surface area contributed by atoms with Crippen LogP contribution in [0.3, 0.4) is 0 Å². The summed E-state index contributed by atoms with van der Waals surface area (Å²) in [6.45, 7) is 8.52. The highest BCUT2D eigenvalue weighted by atomic mass is 16.2. The third kappa shape index (κ3) is 3.32. The van der Waals surface area contributed by atoms with E-state index in [0.29, 0.717) is 18.7 Å². The van der Waals surface area contributed by atoms with Gasteiger partial charge < -0.3 is 9.80 Å². The van der Waals surface area contributed by atoms with Crippen molar-refractivity contribution in [3.8, 4) is 0 Å². The van der Waals surface area contributed by atoms with Gasteiger partial charge in [0, 0.05) is 32.2 Å². The van der Waals surface area contributed by atoms with E-state index in [2.05, 4.69) is 25.7 Å². The highest BCUT2D eigenvalue weighted by Crippen LogP contribution is 2.35. The van der Waals surface area contributed by atoms with Gasteiger partial charge in [-0.3, -0.25) is 13.9 Å². The molecule has 1 aromatic carbocycles. The smallest absolute Gasteiger partial charge is 0.330 e. The number of hydrogen-bond donors (Lipinski definition) is 0. The average Bonchev–Trinajstić information content (AvgIpc) is 3.42. The molecule has 0 N–H and O–H groups in total. The molecule has 0 saturated carbocycles. The van der Waals surface area contributed by atoms with Gasteiger partial charge in [0.25, 0.3) is 5.91 Å². The first-order valence-electron chi connectivity index (χ1n) is 10.9. The number of rotatable bonds is 3. The Bertz CT molecular complexity index is 1200. The first kappa shape index (κ1) is 19.8. The van der Waals surface area contributed by atoms with Gasteiger partial charge in [0.05, 0.1) is 17.6 Å². The van der Waals surface area contributed by atoms with E-state index in [1.807, 2.05) is 51.9 Å². The molecule has 2 saturated heterocycles. The summed E-state index contributed by atoms with van der Waals surface area (Å²) in [4.78, 5) is 34.9. The molecule has 0 spiro atoms. The second-order valence-electron chi connectivity index (χ2n) is 10.0. The van der Waals surface area contributed by atoms with E-state index in [1.165, 1.54) is 0 Å². The number of likely N-dealkylation sites (tertiary alicyclic amines) is 1. The predicted molar refractivity (Wildman–Crippen MR) is 121 cm³/mol. The number of fused-ring (bicyclic) bond motifs is 3. The summed E-state index contributed by atoms with van der Waals surface area (Å²) >= 11 is 0. The summed E-state index contributed by atoms with van der Waals surface area (Å²) in [6.07, 6.45) is 0.961. The molecule has 4 heterocycles. The minimum Gasteiger partial charge on any atom is -0.350 e. The van der Waals surface area contributed by atoms with Gasteiger partial charge in [-0.05, 0) is 36.1 Å². The standard InChI is InChI=1S/C24H29N5O2/c1-24(2,3)15-29-19-10-11-20(25-21(19)26(4)23(29)31)27-13-18-12-17(27)14-28(18)22(30)16-8-6-5-7-9-16/h5-11,17-18H,12-15H2,1-4H3/t17-,18-/m1/s1. The van der Waals surface area contributed by atoms with E-state index in [0.717, 1.165) is 29.9 Å². The van der Waals surface area contributed by atoms with E-state index >= 15 is 0 Å². The zero-order valence-corrected chi connectivity index (χ0v) is 18.6. The number of imidazole rings is 1. The minimum atomic E-state index is -0.0304.